The fraction of sp³-hybridized carbons (Fsp3) is 0.478. The Labute approximate surface area is 205 Å². The molecule has 2 atom stereocenters. The maximum absolute atomic E-state index is 6.06. The summed E-state index contributed by atoms with van der Waals surface area (Å²) in [7, 11) is 0. The first kappa shape index (κ1) is 24.2. The van der Waals surface area contributed by atoms with Crippen molar-refractivity contribution in [3.63, 3.8) is 0 Å². The molecule has 0 spiro atoms. The average molecular weight is 481 g/mol. The number of nitrogens with one attached hydrogen (secondary N) is 5. The summed E-state index contributed by atoms with van der Waals surface area (Å²) >= 11 is 0. The second kappa shape index (κ2) is 11.0. The number of nitrogens with zero attached hydrogens (tertiary/aromatic N) is 5. The minimum atomic E-state index is -0.295. The lowest BCUT2D eigenvalue weighted by Gasteiger charge is -2.30. The van der Waals surface area contributed by atoms with Crippen LogP contribution in [-0.2, 0) is 12.8 Å². The van der Waals surface area contributed by atoms with Gasteiger partial charge in [-0.05, 0) is 55.9 Å². The van der Waals surface area contributed by atoms with Gasteiger partial charge in [0, 0.05) is 50.8 Å². The largest absolute Gasteiger partial charge is 0.370 e. The molecule has 12 heteroatoms. The van der Waals surface area contributed by atoms with Crippen molar-refractivity contribution in [1.82, 2.24) is 30.8 Å². The van der Waals surface area contributed by atoms with E-state index in [1.54, 1.807) is 0 Å². The second-order valence-electron chi connectivity index (χ2n) is 8.85. The second-order valence-corrected chi connectivity index (χ2v) is 8.85. The smallest absolute Gasteiger partial charge is 0.202 e. The molecule has 0 radical (unpaired) electrons. The third kappa shape index (κ3) is 6.55. The molecule has 188 valence electrons. The van der Waals surface area contributed by atoms with Crippen molar-refractivity contribution >= 4 is 23.8 Å². The van der Waals surface area contributed by atoms with E-state index in [9.17, 15) is 0 Å². The molecule has 0 saturated carbocycles. The van der Waals surface area contributed by atoms with E-state index in [2.05, 4.69) is 59.6 Å². The summed E-state index contributed by atoms with van der Waals surface area (Å²) in [4.78, 5) is 26.6. The van der Waals surface area contributed by atoms with Gasteiger partial charge >= 0.3 is 0 Å². The van der Waals surface area contributed by atoms with Crippen LogP contribution < -0.4 is 27.4 Å². The number of rotatable bonds is 9. The quantitative estimate of drug-likeness (QED) is 0.271. The molecule has 12 nitrogen and oxygen atoms in total. The molecule has 4 rings (SSSR count). The molecule has 0 fully saturated rings. The number of aromatic amines is 2. The van der Waals surface area contributed by atoms with Crippen molar-refractivity contribution in [1.29, 1.82) is 0 Å². The minimum absolute atomic E-state index is 0.229. The summed E-state index contributed by atoms with van der Waals surface area (Å²) in [6, 6.07) is 0. The third-order valence-corrected chi connectivity index (χ3v) is 6.11. The van der Waals surface area contributed by atoms with Gasteiger partial charge in [-0.15, -0.1) is 0 Å². The Hall–Kier alpha value is -3.96. The van der Waals surface area contributed by atoms with Gasteiger partial charge in [0.15, 0.2) is 17.9 Å². The van der Waals surface area contributed by atoms with Crippen LogP contribution in [0.2, 0.25) is 0 Å². The van der Waals surface area contributed by atoms with Crippen molar-refractivity contribution in [2.75, 3.05) is 19.6 Å². The Kier molecular flexibility index (Phi) is 7.58. The predicted octanol–water partition coefficient (Wildman–Crippen LogP) is 0.246. The molecule has 0 amide bonds. The Balaban J connectivity index is 1.38. The van der Waals surface area contributed by atoms with E-state index >= 15 is 0 Å². The normalized spacial score (nSPS) is 19.6. The molecule has 0 aliphatic carbocycles. The number of guanidine groups is 4. The zero-order chi connectivity index (χ0) is 24.8. The first-order valence-electron chi connectivity index (χ1n) is 12.0. The highest BCUT2D eigenvalue weighted by Gasteiger charge is 2.21. The van der Waals surface area contributed by atoms with Crippen molar-refractivity contribution in [3.8, 4) is 0 Å². The minimum Gasteiger partial charge on any atom is -0.370 e. The number of aromatic nitrogens is 2. The van der Waals surface area contributed by atoms with Gasteiger partial charge < -0.3 is 31.7 Å². The Bertz CT molecular complexity index is 1120. The predicted molar refractivity (Wildman–Crippen MR) is 140 cm³/mol. The summed E-state index contributed by atoms with van der Waals surface area (Å²) < 4.78 is 0. The summed E-state index contributed by atoms with van der Waals surface area (Å²) in [5.41, 5.74) is 17.1. The van der Waals surface area contributed by atoms with E-state index in [1.165, 1.54) is 22.3 Å². The molecule has 2 aliphatic rings. The maximum atomic E-state index is 6.06. The van der Waals surface area contributed by atoms with Crippen LogP contribution in [0.5, 0.6) is 0 Å². The fourth-order valence-electron chi connectivity index (χ4n) is 4.14. The monoisotopic (exact) mass is 480 g/mol. The van der Waals surface area contributed by atoms with Gasteiger partial charge in [-0.3, -0.25) is 10.6 Å². The van der Waals surface area contributed by atoms with E-state index in [-0.39, 0.29) is 12.3 Å². The van der Waals surface area contributed by atoms with Gasteiger partial charge in [0.2, 0.25) is 5.96 Å². The van der Waals surface area contributed by atoms with E-state index in [1.807, 2.05) is 31.7 Å². The van der Waals surface area contributed by atoms with Crippen LogP contribution in [0.25, 0.3) is 0 Å². The molecule has 0 bridgehead atoms. The molecule has 2 aromatic heterocycles. The highest BCUT2D eigenvalue weighted by molar-refractivity contribution is 6.00. The molecule has 0 saturated heterocycles. The lowest BCUT2D eigenvalue weighted by molar-refractivity contribution is 0.383. The van der Waals surface area contributed by atoms with Crippen LogP contribution in [0.3, 0.4) is 0 Å². The van der Waals surface area contributed by atoms with Gasteiger partial charge in [-0.25, -0.2) is 20.0 Å². The van der Waals surface area contributed by atoms with Gasteiger partial charge in [-0.1, -0.05) is 0 Å². The highest BCUT2D eigenvalue weighted by Crippen LogP contribution is 2.12. The molecule has 35 heavy (non-hydrogen) atoms. The van der Waals surface area contributed by atoms with E-state index in [0.29, 0.717) is 36.8 Å². The zero-order valence-corrected chi connectivity index (χ0v) is 20.6. The Morgan fingerprint density at radius 3 is 2.20 bits per heavy atom. The Morgan fingerprint density at radius 1 is 0.857 bits per heavy atom. The molecule has 2 unspecified atom stereocenters. The van der Waals surface area contributed by atoms with Crippen LogP contribution in [-0.4, -0.2) is 70.7 Å². The van der Waals surface area contributed by atoms with Crippen LogP contribution in [0.1, 0.15) is 35.6 Å². The lowest BCUT2D eigenvalue weighted by atomic mass is 10.1. The number of nitrogens with two attached hydrogens (primary N) is 2. The summed E-state index contributed by atoms with van der Waals surface area (Å²) in [5.74, 6) is 2.09. The van der Waals surface area contributed by atoms with Gasteiger partial charge in [0.05, 0.1) is 0 Å². The van der Waals surface area contributed by atoms with Crippen molar-refractivity contribution in [3.05, 3.63) is 47.0 Å². The molecular weight excluding hydrogens is 444 g/mol. The highest BCUT2D eigenvalue weighted by atomic mass is 15.4. The third-order valence-electron chi connectivity index (χ3n) is 6.11. The summed E-state index contributed by atoms with van der Waals surface area (Å²) in [6.45, 7) is 8.29. The van der Waals surface area contributed by atoms with Crippen LogP contribution >= 0.6 is 0 Å². The van der Waals surface area contributed by atoms with Crippen molar-refractivity contribution in [2.45, 2.75) is 52.4 Å². The van der Waals surface area contributed by atoms with E-state index < -0.39 is 0 Å². The van der Waals surface area contributed by atoms with Gasteiger partial charge in [0.1, 0.15) is 12.3 Å². The fourth-order valence-corrected chi connectivity index (χ4v) is 4.14. The molecule has 2 aromatic rings. The lowest BCUT2D eigenvalue weighted by Crippen LogP contribution is -2.51. The Morgan fingerprint density at radius 2 is 1.54 bits per heavy atom. The molecule has 2 aliphatic heterocycles. The van der Waals surface area contributed by atoms with Gasteiger partial charge in [-0.2, -0.15) is 0 Å². The van der Waals surface area contributed by atoms with Crippen LogP contribution in [0.4, 0.5) is 0 Å². The number of aliphatic imine (C=N–C) groups is 4. The number of hydrogen-bond donors (Lipinski definition) is 7. The first-order chi connectivity index (χ1) is 16.9. The number of H-pyrrole nitrogens is 2. The molecule has 0 aromatic carbocycles. The molecule has 9 N–H and O–H groups in total. The van der Waals surface area contributed by atoms with E-state index in [4.69, 9.17) is 16.5 Å². The van der Waals surface area contributed by atoms with Gasteiger partial charge in [0.25, 0.3) is 0 Å². The zero-order valence-electron chi connectivity index (χ0n) is 20.6. The number of aryl methyl sites for hydroxylation is 2. The molecule has 4 heterocycles. The summed E-state index contributed by atoms with van der Waals surface area (Å²) in [5, 5.41) is 9.48. The average Bonchev–Trinajstić information content (AvgIpc) is 3.40. The molecular formula is C23H36N12. The topological polar surface area (TPSA) is 172 Å². The van der Waals surface area contributed by atoms with Crippen molar-refractivity contribution in [2.24, 2.45) is 31.4 Å². The standard InChI is InChI=1S/C23H36N12/c1-14-10-26-12-17(14)4-7-28-22-32-19(31-21(25)33-22)6-9-35(8-5-18-13-27-11-15(18)2)23-30-16(3)29-20(24)34-23/h10-13,16,19,26-27H,4-9H2,1-3H3,(H3,24,29,30,34)(H4,25,28,31,32,33). The van der Waals surface area contributed by atoms with Crippen LogP contribution in [0.15, 0.2) is 44.8 Å². The SMILES string of the molecule is Cc1c[nH]cc1CCNC1=NC(CCN(CCc2c[nH]cc2C)C2=NC(C)N=C(N)N2)N=C(N)N1. The van der Waals surface area contributed by atoms with E-state index in [0.717, 1.165) is 25.9 Å². The maximum Gasteiger partial charge on any atom is 0.202 e. The first-order valence-corrected chi connectivity index (χ1v) is 12.0. The van der Waals surface area contributed by atoms with Crippen molar-refractivity contribution < 1.29 is 0 Å². The number of hydrogen-bond acceptors (Lipinski definition) is 10. The van der Waals surface area contributed by atoms with Crippen LogP contribution in [0, 0.1) is 13.8 Å². The summed E-state index contributed by atoms with van der Waals surface area (Å²) in [6.07, 6.45) is 9.97.